The van der Waals surface area contributed by atoms with Crippen LogP contribution in [0.3, 0.4) is 0 Å². The molecule has 1 aromatic carbocycles. The fraction of sp³-hybridized carbons (Fsp3) is 0.500. The SMILES string of the molecule is C1=CC[C@@H](c2nc3ccccc3n2CN2CCCC2)CC1. The number of allylic oxidation sites excluding steroid dienone is 2. The molecule has 1 fully saturated rings. The van der Waals surface area contributed by atoms with Crippen molar-refractivity contribution in [1.82, 2.24) is 14.5 Å². The minimum Gasteiger partial charge on any atom is -0.314 e. The molecule has 1 atom stereocenters. The van der Waals surface area contributed by atoms with Crippen LogP contribution < -0.4 is 0 Å². The first-order valence-electron chi connectivity index (χ1n) is 8.24. The van der Waals surface area contributed by atoms with Gasteiger partial charge in [0.2, 0.25) is 0 Å². The fourth-order valence-electron chi connectivity index (χ4n) is 3.71. The maximum atomic E-state index is 4.98. The molecule has 3 nitrogen and oxygen atoms in total. The molecule has 0 spiro atoms. The molecule has 1 saturated heterocycles. The van der Waals surface area contributed by atoms with Gasteiger partial charge in [-0.3, -0.25) is 4.90 Å². The molecule has 0 unspecified atom stereocenters. The predicted octanol–water partition coefficient (Wildman–Crippen LogP) is 3.91. The number of rotatable bonds is 3. The first kappa shape index (κ1) is 13.1. The molecule has 110 valence electrons. The Bertz CT molecular complexity index is 650. The minimum atomic E-state index is 0.588. The third-order valence-corrected chi connectivity index (χ3v) is 4.86. The van der Waals surface area contributed by atoms with Crippen LogP contribution >= 0.6 is 0 Å². The van der Waals surface area contributed by atoms with Gasteiger partial charge in [0.05, 0.1) is 17.7 Å². The van der Waals surface area contributed by atoms with Crippen molar-refractivity contribution in [3.05, 3.63) is 42.2 Å². The molecule has 0 radical (unpaired) electrons. The first-order valence-corrected chi connectivity index (χ1v) is 8.24. The summed E-state index contributed by atoms with van der Waals surface area (Å²) in [6.45, 7) is 3.48. The van der Waals surface area contributed by atoms with Crippen LogP contribution in [-0.2, 0) is 6.67 Å². The van der Waals surface area contributed by atoms with E-state index in [1.807, 2.05) is 0 Å². The summed E-state index contributed by atoms with van der Waals surface area (Å²) in [4.78, 5) is 7.55. The van der Waals surface area contributed by atoms with Gasteiger partial charge in [-0.25, -0.2) is 4.98 Å². The third kappa shape index (κ3) is 2.51. The lowest BCUT2D eigenvalue weighted by Gasteiger charge is -2.22. The number of benzene rings is 1. The maximum Gasteiger partial charge on any atom is 0.114 e. The predicted molar refractivity (Wildman–Crippen MR) is 86.3 cm³/mol. The summed E-state index contributed by atoms with van der Waals surface area (Å²) in [5.74, 6) is 1.89. The normalized spacial score (nSPS) is 23.1. The van der Waals surface area contributed by atoms with Crippen molar-refractivity contribution in [3.63, 3.8) is 0 Å². The van der Waals surface area contributed by atoms with Crippen LogP contribution in [0.4, 0.5) is 0 Å². The standard InChI is InChI=1S/C18H23N3/c1-2-8-15(9-3-1)18-19-16-10-4-5-11-17(16)21(18)14-20-12-6-7-13-20/h1-2,4-5,10-11,15H,3,6-9,12-14H2/t15-/m1/s1. The summed E-state index contributed by atoms with van der Waals surface area (Å²) in [6, 6.07) is 8.60. The van der Waals surface area contributed by atoms with Gasteiger partial charge in [0.15, 0.2) is 0 Å². The summed E-state index contributed by atoms with van der Waals surface area (Å²) in [6.07, 6.45) is 10.9. The van der Waals surface area contributed by atoms with E-state index in [2.05, 4.69) is 45.9 Å². The molecular weight excluding hydrogens is 258 g/mol. The molecule has 0 bridgehead atoms. The van der Waals surface area contributed by atoms with E-state index in [-0.39, 0.29) is 0 Å². The largest absolute Gasteiger partial charge is 0.314 e. The molecule has 0 saturated carbocycles. The number of para-hydroxylation sites is 2. The highest BCUT2D eigenvalue weighted by Gasteiger charge is 2.22. The number of hydrogen-bond acceptors (Lipinski definition) is 2. The van der Waals surface area contributed by atoms with E-state index in [0.717, 1.165) is 18.6 Å². The van der Waals surface area contributed by atoms with Crippen molar-refractivity contribution in [1.29, 1.82) is 0 Å². The second-order valence-corrected chi connectivity index (χ2v) is 6.33. The monoisotopic (exact) mass is 281 g/mol. The number of imidazole rings is 1. The Labute approximate surface area is 126 Å². The zero-order valence-corrected chi connectivity index (χ0v) is 12.5. The number of aromatic nitrogens is 2. The highest BCUT2D eigenvalue weighted by molar-refractivity contribution is 5.76. The average Bonchev–Trinajstić information content (AvgIpc) is 3.17. The first-order chi connectivity index (χ1) is 10.4. The minimum absolute atomic E-state index is 0.588. The van der Waals surface area contributed by atoms with Gasteiger partial charge in [0, 0.05) is 5.92 Å². The lowest BCUT2D eigenvalue weighted by atomic mass is 9.94. The topological polar surface area (TPSA) is 21.1 Å². The highest BCUT2D eigenvalue weighted by Crippen LogP contribution is 2.31. The number of nitrogens with zero attached hydrogens (tertiary/aromatic N) is 3. The summed E-state index contributed by atoms with van der Waals surface area (Å²) in [5.41, 5.74) is 2.45. The number of fused-ring (bicyclic) bond motifs is 1. The van der Waals surface area contributed by atoms with Crippen molar-refractivity contribution in [2.24, 2.45) is 0 Å². The molecule has 0 amide bonds. The van der Waals surface area contributed by atoms with E-state index in [0.29, 0.717) is 5.92 Å². The van der Waals surface area contributed by atoms with Crippen molar-refractivity contribution in [2.75, 3.05) is 13.1 Å². The van der Waals surface area contributed by atoms with Gasteiger partial charge in [-0.2, -0.15) is 0 Å². The lowest BCUT2D eigenvalue weighted by molar-refractivity contribution is 0.267. The van der Waals surface area contributed by atoms with Gasteiger partial charge < -0.3 is 4.57 Å². The highest BCUT2D eigenvalue weighted by atomic mass is 15.3. The van der Waals surface area contributed by atoms with Crippen molar-refractivity contribution < 1.29 is 0 Å². The molecule has 2 aliphatic rings. The summed E-state index contributed by atoms with van der Waals surface area (Å²) in [7, 11) is 0. The molecule has 3 heteroatoms. The zero-order chi connectivity index (χ0) is 14.1. The third-order valence-electron chi connectivity index (χ3n) is 4.86. The van der Waals surface area contributed by atoms with E-state index in [9.17, 15) is 0 Å². The van der Waals surface area contributed by atoms with Crippen LogP contribution in [0.1, 0.15) is 43.8 Å². The van der Waals surface area contributed by atoms with Gasteiger partial charge in [0.25, 0.3) is 0 Å². The van der Waals surface area contributed by atoms with Gasteiger partial charge >= 0.3 is 0 Å². The van der Waals surface area contributed by atoms with Gasteiger partial charge in [-0.1, -0.05) is 24.3 Å². The van der Waals surface area contributed by atoms with Gasteiger partial charge in [-0.15, -0.1) is 0 Å². The molecule has 1 aromatic heterocycles. The Hall–Kier alpha value is -1.61. The van der Waals surface area contributed by atoms with E-state index in [1.54, 1.807) is 0 Å². The van der Waals surface area contributed by atoms with Gasteiger partial charge in [0.1, 0.15) is 5.82 Å². The van der Waals surface area contributed by atoms with Crippen molar-refractivity contribution in [3.8, 4) is 0 Å². The molecule has 1 aliphatic carbocycles. The van der Waals surface area contributed by atoms with E-state index < -0.39 is 0 Å². The summed E-state index contributed by atoms with van der Waals surface area (Å²) in [5, 5.41) is 0. The van der Waals surface area contributed by atoms with Gasteiger partial charge in [-0.05, 0) is 57.3 Å². The molecule has 1 aliphatic heterocycles. The molecule has 2 aromatic rings. The van der Waals surface area contributed by atoms with Crippen LogP contribution in [0.15, 0.2) is 36.4 Å². The van der Waals surface area contributed by atoms with Crippen molar-refractivity contribution in [2.45, 2.75) is 44.7 Å². The van der Waals surface area contributed by atoms with Crippen LogP contribution in [0.2, 0.25) is 0 Å². The zero-order valence-electron chi connectivity index (χ0n) is 12.5. The van der Waals surface area contributed by atoms with Crippen LogP contribution in [0.25, 0.3) is 11.0 Å². The average molecular weight is 281 g/mol. The molecule has 4 rings (SSSR count). The van der Waals surface area contributed by atoms with Crippen molar-refractivity contribution >= 4 is 11.0 Å². The fourth-order valence-corrected chi connectivity index (χ4v) is 3.71. The van der Waals surface area contributed by atoms with E-state index in [4.69, 9.17) is 4.98 Å². The molecule has 0 N–H and O–H groups in total. The molecule has 21 heavy (non-hydrogen) atoms. The smallest absolute Gasteiger partial charge is 0.114 e. The Morgan fingerprint density at radius 1 is 1.10 bits per heavy atom. The number of hydrogen-bond donors (Lipinski definition) is 0. The van der Waals surface area contributed by atoms with E-state index in [1.165, 1.54) is 50.1 Å². The molecule has 2 heterocycles. The van der Waals surface area contributed by atoms with Crippen LogP contribution in [0, 0.1) is 0 Å². The second kappa shape index (κ2) is 5.64. The maximum absolute atomic E-state index is 4.98. The van der Waals surface area contributed by atoms with Crippen LogP contribution in [-0.4, -0.2) is 27.5 Å². The van der Waals surface area contributed by atoms with Crippen LogP contribution in [0.5, 0.6) is 0 Å². The van der Waals surface area contributed by atoms with E-state index >= 15 is 0 Å². The Morgan fingerprint density at radius 3 is 2.76 bits per heavy atom. The Morgan fingerprint density at radius 2 is 1.95 bits per heavy atom. The summed E-state index contributed by atoms with van der Waals surface area (Å²) < 4.78 is 2.48. The molecular formula is C18H23N3. The quantitative estimate of drug-likeness (QED) is 0.795. The Kier molecular flexibility index (Phi) is 3.52. The number of likely N-dealkylation sites (tertiary alicyclic amines) is 1. The Balaban J connectivity index is 1.74. The second-order valence-electron chi connectivity index (χ2n) is 6.33. The lowest BCUT2D eigenvalue weighted by Crippen LogP contribution is -2.25. The summed E-state index contributed by atoms with van der Waals surface area (Å²) >= 11 is 0.